The molecule has 6 heteroatoms. The lowest BCUT2D eigenvalue weighted by Crippen LogP contribution is -2.25. The van der Waals surface area contributed by atoms with E-state index < -0.39 is 0 Å². The predicted octanol–water partition coefficient (Wildman–Crippen LogP) is 3.00. The van der Waals surface area contributed by atoms with Crippen LogP contribution in [0.15, 0.2) is 36.4 Å². The zero-order valence-corrected chi connectivity index (χ0v) is 11.2. The van der Waals surface area contributed by atoms with Gasteiger partial charge in [0.25, 0.3) is 5.91 Å². The molecule has 1 heterocycles. The fraction of sp³-hybridized carbons (Fsp3) is 0.0714. The fourth-order valence-electron chi connectivity index (χ4n) is 1.96. The van der Waals surface area contributed by atoms with Gasteiger partial charge in [-0.25, -0.2) is 0 Å². The van der Waals surface area contributed by atoms with Crippen molar-refractivity contribution >= 4 is 40.3 Å². The Hall–Kier alpha value is -2.40. The Morgan fingerprint density at radius 1 is 1.25 bits per heavy atom. The summed E-state index contributed by atoms with van der Waals surface area (Å²) < 4.78 is 5.30. The minimum absolute atomic E-state index is 0.00370. The number of hydrogen-bond acceptors (Lipinski definition) is 4. The summed E-state index contributed by atoms with van der Waals surface area (Å²) in [5, 5.41) is 6.46. The number of nitrogens with one attached hydrogen (secondary N) is 2. The molecule has 0 aliphatic carbocycles. The molecule has 1 aliphatic rings. The molecule has 0 aromatic heterocycles. The average Bonchev–Trinajstić information content (AvgIpc) is 2.42. The van der Waals surface area contributed by atoms with Crippen LogP contribution >= 0.6 is 11.6 Å². The van der Waals surface area contributed by atoms with E-state index in [1.54, 1.807) is 18.2 Å². The summed E-state index contributed by atoms with van der Waals surface area (Å²) in [6, 6.07) is 10.7. The highest BCUT2D eigenvalue weighted by molar-refractivity contribution is 6.33. The number of halogens is 1. The van der Waals surface area contributed by atoms with Crippen LogP contribution in [0.2, 0.25) is 5.02 Å². The maximum absolute atomic E-state index is 11.3. The summed E-state index contributed by atoms with van der Waals surface area (Å²) in [5.41, 5.74) is 8.48. The lowest BCUT2D eigenvalue weighted by Gasteiger charge is -2.20. The molecule has 0 radical (unpaired) electrons. The van der Waals surface area contributed by atoms with Crippen LogP contribution in [-0.2, 0) is 4.79 Å². The third kappa shape index (κ3) is 2.35. The van der Waals surface area contributed by atoms with E-state index in [0.717, 1.165) is 5.69 Å². The van der Waals surface area contributed by atoms with Crippen molar-refractivity contribution in [3.05, 3.63) is 41.4 Å². The van der Waals surface area contributed by atoms with Crippen LogP contribution in [0.5, 0.6) is 5.75 Å². The number of fused-ring (bicyclic) bond motifs is 1. The van der Waals surface area contributed by atoms with Gasteiger partial charge in [0.05, 0.1) is 27.8 Å². The van der Waals surface area contributed by atoms with Gasteiger partial charge in [-0.2, -0.15) is 0 Å². The lowest BCUT2D eigenvalue weighted by atomic mass is 10.2. The van der Waals surface area contributed by atoms with Crippen LogP contribution in [0.4, 0.5) is 22.7 Å². The molecule has 0 spiro atoms. The first kappa shape index (κ1) is 12.6. The molecule has 1 amide bonds. The van der Waals surface area contributed by atoms with E-state index in [9.17, 15) is 4.79 Å². The van der Waals surface area contributed by atoms with Crippen molar-refractivity contribution in [1.29, 1.82) is 0 Å². The molecular formula is C14H12ClN3O2. The average molecular weight is 290 g/mol. The van der Waals surface area contributed by atoms with Gasteiger partial charge in [-0.3, -0.25) is 4.79 Å². The largest absolute Gasteiger partial charge is 0.482 e. The van der Waals surface area contributed by atoms with Gasteiger partial charge in [-0.15, -0.1) is 0 Å². The Bertz CT molecular complexity index is 688. The van der Waals surface area contributed by atoms with Crippen molar-refractivity contribution in [2.75, 3.05) is 23.0 Å². The molecule has 0 saturated carbocycles. The van der Waals surface area contributed by atoms with Crippen molar-refractivity contribution < 1.29 is 9.53 Å². The topological polar surface area (TPSA) is 76.4 Å². The van der Waals surface area contributed by atoms with Crippen LogP contribution in [-0.4, -0.2) is 12.5 Å². The van der Waals surface area contributed by atoms with Gasteiger partial charge in [0.2, 0.25) is 0 Å². The van der Waals surface area contributed by atoms with E-state index in [-0.39, 0.29) is 12.5 Å². The van der Waals surface area contributed by atoms with Crippen LogP contribution in [0, 0.1) is 0 Å². The first-order chi connectivity index (χ1) is 9.63. The van der Waals surface area contributed by atoms with E-state index >= 15 is 0 Å². The van der Waals surface area contributed by atoms with Gasteiger partial charge in [-0.05, 0) is 18.2 Å². The van der Waals surface area contributed by atoms with Gasteiger partial charge in [0.1, 0.15) is 5.75 Å². The molecule has 20 heavy (non-hydrogen) atoms. The summed E-state index contributed by atoms with van der Waals surface area (Å²) in [4.78, 5) is 11.3. The summed E-state index contributed by atoms with van der Waals surface area (Å²) in [5.74, 6) is 0.373. The molecule has 0 bridgehead atoms. The van der Waals surface area contributed by atoms with Crippen LogP contribution in [0.1, 0.15) is 0 Å². The van der Waals surface area contributed by atoms with Crippen molar-refractivity contribution in [2.24, 2.45) is 0 Å². The number of nitrogen functional groups attached to an aromatic ring is 1. The Kier molecular flexibility index (Phi) is 3.12. The first-order valence-corrected chi connectivity index (χ1v) is 6.39. The van der Waals surface area contributed by atoms with Crippen LogP contribution in [0.25, 0.3) is 0 Å². The number of ether oxygens (including phenoxy) is 1. The molecule has 0 atom stereocenters. The second-order valence-electron chi connectivity index (χ2n) is 4.38. The van der Waals surface area contributed by atoms with E-state index in [4.69, 9.17) is 22.1 Å². The second kappa shape index (κ2) is 4.94. The highest BCUT2D eigenvalue weighted by atomic mass is 35.5. The molecular weight excluding hydrogens is 278 g/mol. The molecule has 3 rings (SSSR count). The van der Waals surface area contributed by atoms with E-state index in [1.165, 1.54) is 0 Å². The highest BCUT2D eigenvalue weighted by Crippen LogP contribution is 2.37. The highest BCUT2D eigenvalue weighted by Gasteiger charge is 2.18. The first-order valence-electron chi connectivity index (χ1n) is 6.01. The maximum atomic E-state index is 11.3. The van der Waals surface area contributed by atoms with Crippen molar-refractivity contribution in [3.8, 4) is 5.75 Å². The Balaban J connectivity index is 1.96. The summed E-state index contributed by atoms with van der Waals surface area (Å²) in [6.45, 7) is 0.00370. The van der Waals surface area contributed by atoms with E-state index in [0.29, 0.717) is 27.8 Å². The lowest BCUT2D eigenvalue weighted by molar-refractivity contribution is -0.118. The van der Waals surface area contributed by atoms with Crippen molar-refractivity contribution in [1.82, 2.24) is 0 Å². The third-order valence-electron chi connectivity index (χ3n) is 2.93. The number of carbonyl (C=O) groups is 1. The number of benzene rings is 2. The summed E-state index contributed by atoms with van der Waals surface area (Å²) in [6.07, 6.45) is 0. The number of nitrogens with two attached hydrogens (primary N) is 1. The molecule has 2 aromatic carbocycles. The third-order valence-corrected chi connectivity index (χ3v) is 3.26. The molecule has 0 fully saturated rings. The number of anilines is 4. The van der Waals surface area contributed by atoms with Crippen molar-refractivity contribution in [3.63, 3.8) is 0 Å². The summed E-state index contributed by atoms with van der Waals surface area (Å²) in [7, 11) is 0. The minimum Gasteiger partial charge on any atom is -0.482 e. The number of rotatable bonds is 2. The Morgan fingerprint density at radius 2 is 2.05 bits per heavy atom. The smallest absolute Gasteiger partial charge is 0.262 e. The fourth-order valence-corrected chi connectivity index (χ4v) is 2.14. The Morgan fingerprint density at radius 3 is 2.85 bits per heavy atom. The summed E-state index contributed by atoms with van der Waals surface area (Å²) >= 11 is 6.10. The van der Waals surface area contributed by atoms with Gasteiger partial charge < -0.3 is 21.1 Å². The van der Waals surface area contributed by atoms with Crippen molar-refractivity contribution in [2.45, 2.75) is 0 Å². The van der Waals surface area contributed by atoms with Gasteiger partial charge in [-0.1, -0.05) is 23.7 Å². The zero-order chi connectivity index (χ0) is 14.1. The number of hydrogen-bond donors (Lipinski definition) is 3. The quantitative estimate of drug-likeness (QED) is 0.743. The molecule has 2 aromatic rings. The maximum Gasteiger partial charge on any atom is 0.262 e. The second-order valence-corrected chi connectivity index (χ2v) is 4.78. The standard InChI is InChI=1S/C14H12ClN3O2/c15-8-3-1-2-4-10(8)17-11-6-12-13(5-9(11)16)20-7-14(19)18-12/h1-6,17H,7,16H2,(H,18,19). The minimum atomic E-state index is -0.189. The molecule has 102 valence electrons. The van der Waals surface area contributed by atoms with E-state index in [2.05, 4.69) is 10.6 Å². The zero-order valence-electron chi connectivity index (χ0n) is 10.4. The number of para-hydroxylation sites is 1. The van der Waals surface area contributed by atoms with Crippen LogP contribution in [0.3, 0.4) is 0 Å². The predicted molar refractivity (Wildman–Crippen MR) is 79.7 cm³/mol. The number of carbonyl (C=O) groups excluding carboxylic acids is 1. The molecule has 5 nitrogen and oxygen atoms in total. The van der Waals surface area contributed by atoms with E-state index in [1.807, 2.05) is 18.2 Å². The van der Waals surface area contributed by atoms with Gasteiger partial charge in [0, 0.05) is 6.07 Å². The normalized spacial score (nSPS) is 13.2. The molecule has 4 N–H and O–H groups in total. The number of amides is 1. The monoisotopic (exact) mass is 289 g/mol. The molecule has 1 aliphatic heterocycles. The van der Waals surface area contributed by atoms with Gasteiger partial charge in [0.15, 0.2) is 6.61 Å². The molecule has 0 saturated heterocycles. The van der Waals surface area contributed by atoms with Gasteiger partial charge >= 0.3 is 0 Å². The van der Waals surface area contributed by atoms with Crippen LogP contribution < -0.4 is 21.1 Å². The SMILES string of the molecule is Nc1cc2c(cc1Nc1ccccc1Cl)NC(=O)CO2. The Labute approximate surface area is 120 Å². The molecule has 0 unspecified atom stereocenters.